The van der Waals surface area contributed by atoms with Crippen molar-refractivity contribution in [3.05, 3.63) is 57.6 Å². The summed E-state index contributed by atoms with van der Waals surface area (Å²) in [7, 11) is 0. The lowest BCUT2D eigenvalue weighted by Crippen LogP contribution is -2.54. The van der Waals surface area contributed by atoms with Gasteiger partial charge < -0.3 is 29.2 Å². The SMILES string of the molecule is Cc1cc(CC2(C(=O)OCCOC(=O)C3(Cc4cc(C)c(O)c(C(C)(C)C)c4)CCO3)CCO2)cc(C(C)(C)C)c1O. The molecule has 2 saturated heterocycles. The van der Waals surface area contributed by atoms with Gasteiger partial charge in [0.05, 0.1) is 13.2 Å². The second kappa shape index (κ2) is 11.5. The number of esters is 2. The third-order valence-corrected chi connectivity index (χ3v) is 8.38. The number of aryl methyl sites for hydroxylation is 2. The number of rotatable bonds is 9. The number of ether oxygens (including phenoxy) is 4. The van der Waals surface area contributed by atoms with E-state index in [-0.39, 0.29) is 35.5 Å². The van der Waals surface area contributed by atoms with Crippen LogP contribution in [-0.2, 0) is 52.2 Å². The summed E-state index contributed by atoms with van der Waals surface area (Å²) in [5.41, 5.74) is 2.19. The topological polar surface area (TPSA) is 112 Å². The highest BCUT2D eigenvalue weighted by molar-refractivity contribution is 5.82. The highest BCUT2D eigenvalue weighted by Gasteiger charge is 2.49. The lowest BCUT2D eigenvalue weighted by atomic mass is 9.81. The number of hydrogen-bond donors (Lipinski definition) is 2. The fourth-order valence-electron chi connectivity index (χ4n) is 5.69. The first-order valence-electron chi connectivity index (χ1n) is 14.8. The molecule has 0 aromatic heterocycles. The predicted octanol–water partition coefficient (Wildman–Crippen LogP) is 5.50. The van der Waals surface area contributed by atoms with E-state index in [9.17, 15) is 19.8 Å². The molecule has 230 valence electrons. The second-order valence-corrected chi connectivity index (χ2v) is 13.9. The standard InChI is InChI=1S/C34H46O8/c1-21-15-23(17-25(27(21)35)31(3,4)5)19-33(9-11-41-33)29(37)39-13-14-40-30(38)34(10-12-42-34)20-24-16-22(2)28(36)26(18-24)32(6,7)8/h15-18,35-36H,9-14,19-20H2,1-8H3. The maximum absolute atomic E-state index is 13.1. The summed E-state index contributed by atoms with van der Waals surface area (Å²) in [6, 6.07) is 7.61. The van der Waals surface area contributed by atoms with Crippen LogP contribution in [0.3, 0.4) is 0 Å². The maximum atomic E-state index is 13.1. The Morgan fingerprint density at radius 1 is 0.714 bits per heavy atom. The van der Waals surface area contributed by atoms with Crippen LogP contribution in [-0.4, -0.2) is 59.8 Å². The summed E-state index contributed by atoms with van der Waals surface area (Å²) in [6.45, 7) is 16.6. The Balaban J connectivity index is 1.36. The predicted molar refractivity (Wildman–Crippen MR) is 159 cm³/mol. The molecule has 2 aromatic carbocycles. The zero-order valence-corrected chi connectivity index (χ0v) is 26.3. The Labute approximate surface area is 249 Å². The number of aromatic hydroxyl groups is 2. The Kier molecular flexibility index (Phi) is 8.74. The summed E-state index contributed by atoms with van der Waals surface area (Å²) in [5.74, 6) is -0.446. The van der Waals surface area contributed by atoms with Gasteiger partial charge in [0.1, 0.15) is 24.7 Å². The van der Waals surface area contributed by atoms with Crippen molar-refractivity contribution < 1.29 is 38.7 Å². The van der Waals surface area contributed by atoms with E-state index >= 15 is 0 Å². The quantitative estimate of drug-likeness (QED) is 0.295. The van der Waals surface area contributed by atoms with Gasteiger partial charge in [0.25, 0.3) is 0 Å². The van der Waals surface area contributed by atoms with Crippen LogP contribution in [0.15, 0.2) is 24.3 Å². The third kappa shape index (κ3) is 6.45. The molecular weight excluding hydrogens is 536 g/mol. The van der Waals surface area contributed by atoms with Crippen molar-refractivity contribution >= 4 is 11.9 Å². The summed E-state index contributed by atoms with van der Waals surface area (Å²) < 4.78 is 22.6. The van der Waals surface area contributed by atoms with E-state index in [0.717, 1.165) is 33.4 Å². The van der Waals surface area contributed by atoms with Crippen LogP contribution in [0.5, 0.6) is 11.5 Å². The second-order valence-electron chi connectivity index (χ2n) is 13.9. The molecule has 8 heteroatoms. The van der Waals surface area contributed by atoms with Crippen molar-refractivity contribution in [2.75, 3.05) is 26.4 Å². The lowest BCUT2D eigenvalue weighted by molar-refractivity contribution is -0.207. The molecule has 2 unspecified atom stereocenters. The van der Waals surface area contributed by atoms with Crippen LogP contribution < -0.4 is 0 Å². The number of phenols is 2. The molecule has 2 N–H and O–H groups in total. The normalized spacial score (nSPS) is 22.2. The first-order valence-corrected chi connectivity index (χ1v) is 14.8. The Hall–Kier alpha value is -3.10. The highest BCUT2D eigenvalue weighted by atomic mass is 16.6. The van der Waals surface area contributed by atoms with Crippen LogP contribution in [0.25, 0.3) is 0 Å². The molecule has 42 heavy (non-hydrogen) atoms. The molecule has 2 aliphatic heterocycles. The van der Waals surface area contributed by atoms with Gasteiger partial charge in [0, 0.05) is 25.7 Å². The van der Waals surface area contributed by atoms with E-state index < -0.39 is 23.1 Å². The molecule has 0 spiro atoms. The van der Waals surface area contributed by atoms with Gasteiger partial charge in [-0.1, -0.05) is 65.8 Å². The van der Waals surface area contributed by atoms with E-state index in [0.29, 0.717) is 38.9 Å². The first kappa shape index (κ1) is 31.8. The third-order valence-electron chi connectivity index (χ3n) is 8.38. The molecule has 0 aliphatic carbocycles. The zero-order chi connectivity index (χ0) is 31.1. The summed E-state index contributed by atoms with van der Waals surface area (Å²) >= 11 is 0. The van der Waals surface area contributed by atoms with Crippen molar-refractivity contribution in [1.29, 1.82) is 0 Å². The fourth-order valence-corrected chi connectivity index (χ4v) is 5.69. The minimum atomic E-state index is -1.09. The maximum Gasteiger partial charge on any atom is 0.338 e. The monoisotopic (exact) mass is 582 g/mol. The molecule has 2 heterocycles. The summed E-state index contributed by atoms with van der Waals surface area (Å²) in [6.07, 6.45) is 1.71. The van der Waals surface area contributed by atoms with Gasteiger partial charge in [-0.3, -0.25) is 0 Å². The minimum absolute atomic E-state index is 0.0971. The van der Waals surface area contributed by atoms with E-state index in [1.807, 2.05) is 79.7 Å². The van der Waals surface area contributed by atoms with Crippen molar-refractivity contribution in [2.45, 2.75) is 103 Å². The van der Waals surface area contributed by atoms with E-state index in [1.54, 1.807) is 0 Å². The van der Waals surface area contributed by atoms with Crippen LogP contribution in [0, 0.1) is 13.8 Å². The Morgan fingerprint density at radius 3 is 1.31 bits per heavy atom. The number of carbonyl (C=O) groups excluding carboxylic acids is 2. The molecule has 0 amide bonds. The smallest absolute Gasteiger partial charge is 0.338 e. The van der Waals surface area contributed by atoms with Crippen molar-refractivity contribution in [1.82, 2.24) is 0 Å². The summed E-state index contributed by atoms with van der Waals surface area (Å²) in [5, 5.41) is 21.1. The molecule has 0 radical (unpaired) electrons. The molecule has 0 bridgehead atoms. The van der Waals surface area contributed by atoms with Gasteiger partial charge in [-0.25, -0.2) is 9.59 Å². The molecule has 2 atom stereocenters. The molecular formula is C34H46O8. The number of phenolic OH excluding ortho intramolecular Hbond substituents is 2. The average Bonchev–Trinajstić information content (AvgIpc) is 2.83. The van der Waals surface area contributed by atoms with Crippen molar-refractivity contribution in [2.24, 2.45) is 0 Å². The number of carbonyl (C=O) groups is 2. The molecule has 0 saturated carbocycles. The molecule has 8 nitrogen and oxygen atoms in total. The largest absolute Gasteiger partial charge is 0.507 e. The molecule has 2 fully saturated rings. The van der Waals surface area contributed by atoms with Crippen LogP contribution in [0.2, 0.25) is 0 Å². The van der Waals surface area contributed by atoms with Crippen molar-refractivity contribution in [3.8, 4) is 11.5 Å². The number of hydrogen-bond acceptors (Lipinski definition) is 8. The van der Waals surface area contributed by atoms with Crippen LogP contribution in [0.4, 0.5) is 0 Å². The van der Waals surface area contributed by atoms with Gasteiger partial charge in [0.2, 0.25) is 0 Å². The van der Waals surface area contributed by atoms with Gasteiger partial charge in [0.15, 0.2) is 11.2 Å². The van der Waals surface area contributed by atoms with Gasteiger partial charge in [-0.2, -0.15) is 0 Å². The van der Waals surface area contributed by atoms with Crippen LogP contribution >= 0.6 is 0 Å². The van der Waals surface area contributed by atoms with E-state index in [2.05, 4.69) is 0 Å². The number of benzene rings is 2. The van der Waals surface area contributed by atoms with E-state index in [1.165, 1.54) is 0 Å². The molecule has 2 aromatic rings. The van der Waals surface area contributed by atoms with Gasteiger partial charge in [-0.05, 0) is 58.1 Å². The Morgan fingerprint density at radius 2 is 1.05 bits per heavy atom. The molecule has 4 rings (SSSR count). The fraction of sp³-hybridized carbons (Fsp3) is 0.588. The first-order chi connectivity index (χ1) is 19.5. The molecule has 2 aliphatic rings. The minimum Gasteiger partial charge on any atom is -0.507 e. The average molecular weight is 583 g/mol. The summed E-state index contributed by atoms with van der Waals surface area (Å²) in [4.78, 5) is 26.3. The van der Waals surface area contributed by atoms with Crippen LogP contribution in [0.1, 0.15) is 87.8 Å². The lowest BCUT2D eigenvalue weighted by Gasteiger charge is -2.40. The zero-order valence-electron chi connectivity index (χ0n) is 26.3. The Bertz CT molecular complexity index is 1230. The van der Waals surface area contributed by atoms with Crippen molar-refractivity contribution in [3.63, 3.8) is 0 Å². The van der Waals surface area contributed by atoms with Gasteiger partial charge >= 0.3 is 11.9 Å². The van der Waals surface area contributed by atoms with E-state index in [4.69, 9.17) is 18.9 Å². The van der Waals surface area contributed by atoms with Gasteiger partial charge in [-0.15, -0.1) is 0 Å². The highest BCUT2D eigenvalue weighted by Crippen LogP contribution is 2.39.